The van der Waals surface area contributed by atoms with Crippen molar-refractivity contribution >= 4 is 11.9 Å². The normalized spacial score (nSPS) is 25.9. The second kappa shape index (κ2) is 5.95. The van der Waals surface area contributed by atoms with Crippen LogP contribution >= 0.6 is 0 Å². The Morgan fingerprint density at radius 2 is 1.90 bits per heavy atom. The molecule has 1 saturated carbocycles. The molecule has 5 nitrogen and oxygen atoms in total. The number of rotatable bonds is 4. The molecule has 0 aromatic rings. The summed E-state index contributed by atoms with van der Waals surface area (Å²) in [5.74, 6) is -0.664. The lowest BCUT2D eigenvalue weighted by atomic mass is 9.74. The number of likely N-dealkylation sites (tertiary alicyclic amines) is 1. The maximum Gasteiger partial charge on any atom is 0.309 e. The first-order chi connectivity index (χ1) is 9.74. The van der Waals surface area contributed by atoms with E-state index in [0.717, 1.165) is 45.1 Å². The van der Waals surface area contributed by atoms with Gasteiger partial charge in [0.05, 0.1) is 5.41 Å². The van der Waals surface area contributed by atoms with Crippen LogP contribution in [0.4, 0.5) is 0 Å². The van der Waals surface area contributed by atoms with Gasteiger partial charge in [-0.15, -0.1) is 0 Å². The number of carboxylic acids is 1. The highest BCUT2D eigenvalue weighted by Crippen LogP contribution is 2.35. The summed E-state index contributed by atoms with van der Waals surface area (Å²) in [7, 11) is 0. The summed E-state index contributed by atoms with van der Waals surface area (Å²) in [5, 5.41) is 9.37. The number of carboxylic acid groups (broad SMARTS) is 1. The number of carbonyl (C=O) groups is 2. The highest BCUT2D eigenvalue weighted by atomic mass is 16.4. The van der Waals surface area contributed by atoms with E-state index in [4.69, 9.17) is 5.73 Å². The van der Waals surface area contributed by atoms with Gasteiger partial charge in [0.25, 0.3) is 0 Å². The Kier molecular flexibility index (Phi) is 4.61. The molecule has 2 rings (SSSR count). The SMILES string of the molecule is CC(C)(C(=O)O)C1CCCN(C(=O)CC2(N)CCCC2)C1. The second-order valence-corrected chi connectivity index (χ2v) is 7.45. The molecule has 1 heterocycles. The van der Waals surface area contributed by atoms with E-state index >= 15 is 0 Å². The van der Waals surface area contributed by atoms with E-state index in [1.165, 1.54) is 0 Å². The zero-order valence-corrected chi connectivity index (χ0v) is 13.2. The Morgan fingerprint density at radius 3 is 2.48 bits per heavy atom. The van der Waals surface area contributed by atoms with Gasteiger partial charge in [-0.2, -0.15) is 0 Å². The number of nitrogens with two attached hydrogens (primary N) is 1. The Morgan fingerprint density at radius 1 is 1.29 bits per heavy atom. The lowest BCUT2D eigenvalue weighted by Gasteiger charge is -2.40. The van der Waals surface area contributed by atoms with E-state index in [1.54, 1.807) is 13.8 Å². The number of aliphatic carboxylic acids is 1. The molecule has 21 heavy (non-hydrogen) atoms. The third-order valence-electron chi connectivity index (χ3n) is 5.45. The molecule has 5 heteroatoms. The number of nitrogens with zero attached hydrogens (tertiary/aromatic N) is 1. The van der Waals surface area contributed by atoms with Crippen LogP contribution in [0, 0.1) is 11.3 Å². The molecular formula is C16H28N2O3. The first kappa shape index (κ1) is 16.3. The fourth-order valence-corrected chi connectivity index (χ4v) is 3.64. The van der Waals surface area contributed by atoms with Crippen molar-refractivity contribution in [1.29, 1.82) is 0 Å². The van der Waals surface area contributed by atoms with Crippen molar-refractivity contribution in [3.63, 3.8) is 0 Å². The second-order valence-electron chi connectivity index (χ2n) is 7.45. The van der Waals surface area contributed by atoms with E-state index in [-0.39, 0.29) is 17.4 Å². The average molecular weight is 296 g/mol. The van der Waals surface area contributed by atoms with Crippen molar-refractivity contribution in [2.24, 2.45) is 17.1 Å². The van der Waals surface area contributed by atoms with Gasteiger partial charge in [0.2, 0.25) is 5.91 Å². The molecule has 1 unspecified atom stereocenters. The summed E-state index contributed by atoms with van der Waals surface area (Å²) in [6.07, 6.45) is 6.24. The first-order valence-electron chi connectivity index (χ1n) is 8.05. The molecule has 1 saturated heterocycles. The van der Waals surface area contributed by atoms with Crippen LogP contribution in [0.5, 0.6) is 0 Å². The molecule has 0 aromatic carbocycles. The van der Waals surface area contributed by atoms with Crippen molar-refractivity contribution < 1.29 is 14.7 Å². The lowest BCUT2D eigenvalue weighted by Crippen LogP contribution is -2.49. The predicted molar refractivity (Wildman–Crippen MR) is 80.7 cm³/mol. The summed E-state index contributed by atoms with van der Waals surface area (Å²) in [6, 6.07) is 0. The Bertz CT molecular complexity index is 414. The molecule has 1 aliphatic heterocycles. The Hall–Kier alpha value is -1.10. The van der Waals surface area contributed by atoms with E-state index < -0.39 is 11.4 Å². The van der Waals surface area contributed by atoms with Crippen molar-refractivity contribution in [3.05, 3.63) is 0 Å². The van der Waals surface area contributed by atoms with Crippen LogP contribution in [0.25, 0.3) is 0 Å². The summed E-state index contributed by atoms with van der Waals surface area (Å²) in [6.45, 7) is 4.81. The van der Waals surface area contributed by atoms with Crippen LogP contribution in [-0.2, 0) is 9.59 Å². The van der Waals surface area contributed by atoms with Gasteiger partial charge in [-0.25, -0.2) is 0 Å². The molecule has 1 aliphatic carbocycles. The molecule has 1 amide bonds. The molecule has 2 aliphatic rings. The topological polar surface area (TPSA) is 83.6 Å². The van der Waals surface area contributed by atoms with Gasteiger partial charge in [0, 0.05) is 25.0 Å². The number of hydrogen-bond acceptors (Lipinski definition) is 3. The predicted octanol–water partition coefficient (Wildman–Crippen LogP) is 2.00. The Labute approximate surface area is 126 Å². The highest BCUT2D eigenvalue weighted by molar-refractivity contribution is 5.78. The van der Waals surface area contributed by atoms with Gasteiger partial charge in [-0.1, -0.05) is 12.8 Å². The van der Waals surface area contributed by atoms with Crippen molar-refractivity contribution in [3.8, 4) is 0 Å². The summed E-state index contributed by atoms with van der Waals surface area (Å²) >= 11 is 0. The lowest BCUT2D eigenvalue weighted by molar-refractivity contribution is -0.153. The average Bonchev–Trinajstić information content (AvgIpc) is 2.85. The number of piperidine rings is 1. The first-order valence-corrected chi connectivity index (χ1v) is 8.05. The van der Waals surface area contributed by atoms with Crippen molar-refractivity contribution in [2.75, 3.05) is 13.1 Å². The smallest absolute Gasteiger partial charge is 0.309 e. The third-order valence-corrected chi connectivity index (χ3v) is 5.45. The monoisotopic (exact) mass is 296 g/mol. The van der Waals surface area contributed by atoms with Gasteiger partial charge < -0.3 is 15.7 Å². The van der Waals surface area contributed by atoms with Crippen LogP contribution < -0.4 is 5.73 Å². The zero-order chi connectivity index (χ0) is 15.7. The summed E-state index contributed by atoms with van der Waals surface area (Å²) in [5.41, 5.74) is 5.18. The van der Waals surface area contributed by atoms with Crippen LogP contribution in [0.2, 0.25) is 0 Å². The number of carbonyl (C=O) groups excluding carboxylic acids is 1. The number of amides is 1. The molecule has 120 valence electrons. The molecule has 0 radical (unpaired) electrons. The van der Waals surface area contributed by atoms with Crippen LogP contribution in [0.15, 0.2) is 0 Å². The zero-order valence-electron chi connectivity index (χ0n) is 13.2. The van der Waals surface area contributed by atoms with Gasteiger partial charge in [0.15, 0.2) is 0 Å². The third kappa shape index (κ3) is 3.57. The summed E-state index contributed by atoms with van der Waals surface area (Å²) in [4.78, 5) is 25.7. The van der Waals surface area contributed by atoms with Gasteiger partial charge in [0.1, 0.15) is 0 Å². The van der Waals surface area contributed by atoms with E-state index in [0.29, 0.717) is 13.0 Å². The summed E-state index contributed by atoms with van der Waals surface area (Å²) < 4.78 is 0. The van der Waals surface area contributed by atoms with Crippen molar-refractivity contribution in [2.45, 2.75) is 64.3 Å². The standard InChI is InChI=1S/C16H28N2O3/c1-15(2,14(20)21)12-6-5-9-18(11-12)13(19)10-16(17)7-3-4-8-16/h12H,3-11,17H2,1-2H3,(H,20,21). The van der Waals surface area contributed by atoms with E-state index in [1.807, 2.05) is 4.90 Å². The molecule has 0 aromatic heterocycles. The fraction of sp³-hybridized carbons (Fsp3) is 0.875. The van der Waals surface area contributed by atoms with Gasteiger partial charge >= 0.3 is 5.97 Å². The molecule has 0 spiro atoms. The molecule has 0 bridgehead atoms. The number of hydrogen-bond donors (Lipinski definition) is 2. The van der Waals surface area contributed by atoms with E-state index in [9.17, 15) is 14.7 Å². The van der Waals surface area contributed by atoms with Gasteiger partial charge in [-0.05, 0) is 45.4 Å². The van der Waals surface area contributed by atoms with Crippen LogP contribution in [-0.4, -0.2) is 40.5 Å². The van der Waals surface area contributed by atoms with E-state index in [2.05, 4.69) is 0 Å². The van der Waals surface area contributed by atoms with Gasteiger partial charge in [-0.3, -0.25) is 9.59 Å². The molecule has 1 atom stereocenters. The van der Waals surface area contributed by atoms with Crippen LogP contribution in [0.3, 0.4) is 0 Å². The maximum absolute atomic E-state index is 12.5. The molecule has 3 N–H and O–H groups in total. The van der Waals surface area contributed by atoms with Crippen molar-refractivity contribution in [1.82, 2.24) is 4.90 Å². The van der Waals surface area contributed by atoms with Crippen LogP contribution in [0.1, 0.15) is 58.8 Å². The minimum atomic E-state index is -0.785. The Balaban J connectivity index is 1.97. The molecular weight excluding hydrogens is 268 g/mol. The fourth-order valence-electron chi connectivity index (χ4n) is 3.64. The maximum atomic E-state index is 12.5. The molecule has 2 fully saturated rings. The minimum absolute atomic E-state index is 0.0185. The minimum Gasteiger partial charge on any atom is -0.481 e. The quantitative estimate of drug-likeness (QED) is 0.831. The highest BCUT2D eigenvalue weighted by Gasteiger charge is 2.41. The largest absolute Gasteiger partial charge is 0.481 e.